The Morgan fingerprint density at radius 3 is 2.94 bits per heavy atom. The standard InChI is InChI=1S/C13H9NO3/c1-8(15)17-12-7-16-6-11-13(12)9-4-2-3-5-10(9)14-11/h2-7H,1H3. The first-order valence-corrected chi connectivity index (χ1v) is 5.19. The topological polar surface area (TPSA) is 52.3 Å². The molecule has 1 aromatic rings. The molecule has 4 heteroatoms. The van der Waals surface area contributed by atoms with Gasteiger partial charge in [-0.05, 0) is 6.07 Å². The molecule has 2 aliphatic rings. The lowest BCUT2D eigenvalue weighted by Crippen LogP contribution is -2.02. The molecule has 17 heavy (non-hydrogen) atoms. The third kappa shape index (κ3) is 1.54. The van der Waals surface area contributed by atoms with Crippen molar-refractivity contribution in [2.75, 3.05) is 0 Å². The van der Waals surface area contributed by atoms with Gasteiger partial charge < -0.3 is 9.15 Å². The SMILES string of the molecule is CC(=O)Oc1cocc2nc3ccccc3c1-2. The smallest absolute Gasteiger partial charge is 0.308 e. The highest BCUT2D eigenvalue weighted by molar-refractivity contribution is 6.00. The highest BCUT2D eigenvalue weighted by atomic mass is 16.5. The maximum atomic E-state index is 11.0. The van der Waals surface area contributed by atoms with Crippen LogP contribution in [0, 0.1) is 0 Å². The van der Waals surface area contributed by atoms with Crippen LogP contribution in [0.3, 0.4) is 0 Å². The molecule has 0 bridgehead atoms. The molecule has 0 saturated heterocycles. The predicted molar refractivity (Wildman–Crippen MR) is 61.9 cm³/mol. The molecule has 0 amide bonds. The molecule has 2 aliphatic heterocycles. The van der Waals surface area contributed by atoms with Crippen molar-refractivity contribution in [1.82, 2.24) is 4.98 Å². The Morgan fingerprint density at radius 1 is 1.29 bits per heavy atom. The van der Waals surface area contributed by atoms with Crippen molar-refractivity contribution in [3.05, 3.63) is 36.8 Å². The first-order valence-electron chi connectivity index (χ1n) is 5.19. The summed E-state index contributed by atoms with van der Waals surface area (Å²) in [6.07, 6.45) is 2.96. The second kappa shape index (κ2) is 3.59. The maximum Gasteiger partial charge on any atom is 0.308 e. The van der Waals surface area contributed by atoms with Crippen molar-refractivity contribution in [3.8, 4) is 17.0 Å². The van der Waals surface area contributed by atoms with Crippen LogP contribution in [0.5, 0.6) is 5.75 Å². The summed E-state index contributed by atoms with van der Waals surface area (Å²) < 4.78 is 10.2. The van der Waals surface area contributed by atoms with E-state index in [0.29, 0.717) is 11.4 Å². The van der Waals surface area contributed by atoms with Crippen LogP contribution in [0.1, 0.15) is 6.92 Å². The lowest BCUT2D eigenvalue weighted by Gasteiger charge is -2.05. The number of hydrogen-bond donors (Lipinski definition) is 0. The molecule has 0 N–H and O–H groups in total. The fourth-order valence-electron chi connectivity index (χ4n) is 1.90. The molecule has 4 nitrogen and oxygen atoms in total. The maximum absolute atomic E-state index is 11.0. The number of hydrogen-bond acceptors (Lipinski definition) is 4. The average molecular weight is 227 g/mol. The molecule has 0 radical (unpaired) electrons. The second-order valence-electron chi connectivity index (χ2n) is 3.72. The molecule has 0 spiro atoms. The number of nitrogens with zero attached hydrogens (tertiary/aromatic N) is 1. The highest BCUT2D eigenvalue weighted by Crippen LogP contribution is 2.38. The summed E-state index contributed by atoms with van der Waals surface area (Å²) in [5, 5.41) is 0.953. The zero-order valence-corrected chi connectivity index (χ0v) is 9.14. The highest BCUT2D eigenvalue weighted by Gasteiger charge is 2.18. The Hall–Kier alpha value is -2.36. The summed E-state index contributed by atoms with van der Waals surface area (Å²) in [4.78, 5) is 15.4. The molecule has 0 atom stereocenters. The predicted octanol–water partition coefficient (Wildman–Crippen LogP) is 2.86. The van der Waals surface area contributed by atoms with Crippen molar-refractivity contribution in [3.63, 3.8) is 0 Å². The fourth-order valence-corrected chi connectivity index (χ4v) is 1.90. The Bertz CT molecular complexity index is 672. The molecule has 0 saturated carbocycles. The van der Waals surface area contributed by atoms with Crippen LogP contribution in [0.25, 0.3) is 22.2 Å². The van der Waals surface area contributed by atoms with Crippen LogP contribution < -0.4 is 4.74 Å². The van der Waals surface area contributed by atoms with Gasteiger partial charge in [0.05, 0.1) is 11.1 Å². The van der Waals surface area contributed by atoms with Crippen LogP contribution >= 0.6 is 0 Å². The number of carbonyl (C=O) groups is 1. The van der Waals surface area contributed by atoms with Gasteiger partial charge in [-0.3, -0.25) is 4.79 Å². The number of para-hydroxylation sites is 1. The van der Waals surface area contributed by atoms with Gasteiger partial charge in [-0.25, -0.2) is 4.98 Å². The number of rotatable bonds is 1. The Morgan fingerprint density at radius 2 is 2.12 bits per heavy atom. The number of fused-ring (bicyclic) bond motifs is 3. The van der Waals surface area contributed by atoms with Crippen molar-refractivity contribution in [2.45, 2.75) is 6.92 Å². The normalized spacial score (nSPS) is 10.9. The van der Waals surface area contributed by atoms with Gasteiger partial charge in [0.2, 0.25) is 0 Å². The molecule has 1 aromatic carbocycles. The van der Waals surface area contributed by atoms with Gasteiger partial charge >= 0.3 is 5.97 Å². The van der Waals surface area contributed by atoms with Crippen LogP contribution in [0.4, 0.5) is 0 Å². The van der Waals surface area contributed by atoms with Gasteiger partial charge in [-0.15, -0.1) is 0 Å². The minimum Gasteiger partial charge on any atom is -0.466 e. The van der Waals surface area contributed by atoms with Crippen molar-refractivity contribution < 1.29 is 13.9 Å². The zero-order chi connectivity index (χ0) is 11.8. The Balaban J connectivity index is 2.33. The van der Waals surface area contributed by atoms with Crippen LogP contribution in [0.2, 0.25) is 0 Å². The molecule has 2 heterocycles. The molecular formula is C13H9NO3. The van der Waals surface area contributed by atoms with Gasteiger partial charge in [-0.2, -0.15) is 0 Å². The first kappa shape index (κ1) is 9.84. The van der Waals surface area contributed by atoms with Crippen molar-refractivity contribution >= 4 is 16.9 Å². The van der Waals surface area contributed by atoms with Gasteiger partial charge in [-0.1, -0.05) is 18.2 Å². The lowest BCUT2D eigenvalue weighted by atomic mass is 10.1. The van der Waals surface area contributed by atoms with Gasteiger partial charge in [0.15, 0.2) is 5.75 Å². The molecule has 0 unspecified atom stereocenters. The van der Waals surface area contributed by atoms with E-state index >= 15 is 0 Å². The molecule has 0 fully saturated rings. The summed E-state index contributed by atoms with van der Waals surface area (Å²) in [6.45, 7) is 1.36. The number of aromatic nitrogens is 1. The number of esters is 1. The lowest BCUT2D eigenvalue weighted by molar-refractivity contribution is -0.131. The van der Waals surface area contributed by atoms with Crippen molar-refractivity contribution in [2.24, 2.45) is 0 Å². The van der Waals surface area contributed by atoms with Crippen LogP contribution in [0.15, 0.2) is 41.2 Å². The summed E-state index contributed by atoms with van der Waals surface area (Å²) in [6, 6.07) is 7.69. The summed E-state index contributed by atoms with van der Waals surface area (Å²) in [7, 11) is 0. The van der Waals surface area contributed by atoms with Crippen LogP contribution in [-0.4, -0.2) is 11.0 Å². The van der Waals surface area contributed by atoms with E-state index in [9.17, 15) is 4.79 Å². The molecule has 0 aliphatic carbocycles. The molecule has 3 rings (SSSR count). The largest absolute Gasteiger partial charge is 0.466 e. The average Bonchev–Trinajstić information content (AvgIpc) is 2.67. The number of benzene rings is 1. The van der Waals surface area contributed by atoms with E-state index < -0.39 is 0 Å². The van der Waals surface area contributed by atoms with Crippen LogP contribution in [-0.2, 0) is 4.79 Å². The Kier molecular flexibility index (Phi) is 2.08. The van der Waals surface area contributed by atoms with E-state index in [1.54, 1.807) is 6.26 Å². The second-order valence-corrected chi connectivity index (χ2v) is 3.72. The molecular weight excluding hydrogens is 218 g/mol. The van der Waals surface area contributed by atoms with Crippen molar-refractivity contribution in [1.29, 1.82) is 0 Å². The number of ether oxygens (including phenoxy) is 1. The monoisotopic (exact) mass is 227 g/mol. The molecule has 84 valence electrons. The van der Waals surface area contributed by atoms with E-state index in [1.807, 2.05) is 24.3 Å². The number of carbonyl (C=O) groups excluding carboxylic acids is 1. The van der Waals surface area contributed by atoms with E-state index in [2.05, 4.69) is 4.98 Å². The van der Waals surface area contributed by atoms with Gasteiger partial charge in [0.25, 0.3) is 0 Å². The summed E-state index contributed by atoms with van der Waals surface area (Å²) in [5.74, 6) is 0.0293. The fraction of sp³-hybridized carbons (Fsp3) is 0.0769. The summed E-state index contributed by atoms with van der Waals surface area (Å²) >= 11 is 0. The first-order chi connectivity index (χ1) is 8.25. The van der Waals surface area contributed by atoms with E-state index in [4.69, 9.17) is 9.15 Å². The van der Waals surface area contributed by atoms with E-state index in [-0.39, 0.29) is 5.97 Å². The van der Waals surface area contributed by atoms with E-state index in [0.717, 1.165) is 16.5 Å². The minimum atomic E-state index is -0.377. The van der Waals surface area contributed by atoms with Gasteiger partial charge in [0.1, 0.15) is 18.2 Å². The zero-order valence-electron chi connectivity index (χ0n) is 9.14. The summed E-state index contributed by atoms with van der Waals surface area (Å²) in [5.41, 5.74) is 2.35. The molecule has 0 aromatic heterocycles. The van der Waals surface area contributed by atoms with E-state index in [1.165, 1.54) is 13.2 Å². The third-order valence-corrected chi connectivity index (χ3v) is 2.53. The Labute approximate surface area is 97.2 Å². The third-order valence-electron chi connectivity index (χ3n) is 2.53. The minimum absolute atomic E-state index is 0.377. The van der Waals surface area contributed by atoms with Gasteiger partial charge in [0, 0.05) is 12.3 Å². The quantitative estimate of drug-likeness (QED) is 0.600.